The van der Waals surface area contributed by atoms with Crippen LogP contribution in [-0.2, 0) is 0 Å². The Morgan fingerprint density at radius 1 is 1.35 bits per heavy atom. The minimum Gasteiger partial charge on any atom is -0.309 e. The molecule has 2 aliphatic rings. The Kier molecular flexibility index (Phi) is 4.43. The van der Waals surface area contributed by atoms with Gasteiger partial charge in [-0.05, 0) is 38.4 Å². The predicted octanol–water partition coefficient (Wildman–Crippen LogP) is 2.59. The van der Waals surface area contributed by atoms with Gasteiger partial charge in [-0.1, -0.05) is 13.8 Å². The molecule has 0 saturated carbocycles. The fourth-order valence-corrected chi connectivity index (χ4v) is 4.30. The van der Waals surface area contributed by atoms with Crippen molar-refractivity contribution in [2.45, 2.75) is 58.2 Å². The molecule has 2 heterocycles. The number of nitrogens with zero attached hydrogens (tertiary/aromatic N) is 1. The van der Waals surface area contributed by atoms with Crippen LogP contribution in [0.4, 0.5) is 0 Å². The second kappa shape index (κ2) is 5.50. The summed E-state index contributed by atoms with van der Waals surface area (Å²) >= 11 is 2.15. The Labute approximate surface area is 111 Å². The van der Waals surface area contributed by atoms with Crippen LogP contribution in [-0.4, -0.2) is 47.1 Å². The second-order valence-electron chi connectivity index (χ2n) is 6.62. The lowest BCUT2D eigenvalue weighted by Crippen LogP contribution is -2.65. The number of hydrogen-bond donors (Lipinski definition) is 1. The highest BCUT2D eigenvalue weighted by atomic mass is 32.2. The Morgan fingerprint density at radius 3 is 2.71 bits per heavy atom. The first-order chi connectivity index (χ1) is 7.99. The molecule has 0 amide bonds. The maximum Gasteiger partial charge on any atom is 0.0253 e. The van der Waals surface area contributed by atoms with Gasteiger partial charge in [-0.15, -0.1) is 0 Å². The van der Waals surface area contributed by atoms with Crippen LogP contribution in [0.3, 0.4) is 0 Å². The Balaban J connectivity index is 2.06. The van der Waals surface area contributed by atoms with Crippen LogP contribution in [0.1, 0.15) is 40.5 Å². The fourth-order valence-electron chi connectivity index (χ4n) is 3.13. The van der Waals surface area contributed by atoms with Crippen LogP contribution in [0, 0.1) is 5.92 Å². The van der Waals surface area contributed by atoms with E-state index in [2.05, 4.69) is 49.7 Å². The van der Waals surface area contributed by atoms with Crippen molar-refractivity contribution in [3.63, 3.8) is 0 Å². The molecule has 0 aliphatic carbocycles. The summed E-state index contributed by atoms with van der Waals surface area (Å²) in [5.74, 6) is 3.47. The monoisotopic (exact) mass is 256 g/mol. The van der Waals surface area contributed by atoms with Gasteiger partial charge in [0, 0.05) is 36.5 Å². The van der Waals surface area contributed by atoms with Crippen LogP contribution < -0.4 is 5.32 Å². The molecule has 100 valence electrons. The van der Waals surface area contributed by atoms with Gasteiger partial charge in [0.1, 0.15) is 0 Å². The molecular weight excluding hydrogens is 228 g/mol. The third kappa shape index (κ3) is 3.39. The van der Waals surface area contributed by atoms with Gasteiger partial charge in [-0.25, -0.2) is 0 Å². The number of piperazine rings is 1. The van der Waals surface area contributed by atoms with E-state index in [-0.39, 0.29) is 5.54 Å². The maximum atomic E-state index is 3.71. The first-order valence-corrected chi connectivity index (χ1v) is 8.23. The van der Waals surface area contributed by atoms with E-state index in [4.69, 9.17) is 0 Å². The van der Waals surface area contributed by atoms with E-state index in [1.807, 2.05) is 0 Å². The van der Waals surface area contributed by atoms with Gasteiger partial charge in [0.25, 0.3) is 0 Å². The number of hydrogen-bond acceptors (Lipinski definition) is 3. The van der Waals surface area contributed by atoms with Crippen molar-refractivity contribution < 1.29 is 0 Å². The highest BCUT2D eigenvalue weighted by molar-refractivity contribution is 7.99. The van der Waals surface area contributed by atoms with Gasteiger partial charge in [0.05, 0.1) is 0 Å². The molecule has 0 radical (unpaired) electrons. The summed E-state index contributed by atoms with van der Waals surface area (Å²) in [4.78, 5) is 2.81. The van der Waals surface area contributed by atoms with Crippen molar-refractivity contribution in [2.24, 2.45) is 5.92 Å². The first kappa shape index (κ1) is 13.7. The normalized spacial score (nSPS) is 35.1. The van der Waals surface area contributed by atoms with Crippen LogP contribution in [0.25, 0.3) is 0 Å². The molecule has 2 rings (SSSR count). The van der Waals surface area contributed by atoms with E-state index < -0.39 is 0 Å². The molecule has 0 spiro atoms. The molecule has 2 atom stereocenters. The average Bonchev–Trinajstić information content (AvgIpc) is 2.28. The van der Waals surface area contributed by atoms with Crippen molar-refractivity contribution in [3.8, 4) is 0 Å². The van der Waals surface area contributed by atoms with Gasteiger partial charge in [-0.2, -0.15) is 11.8 Å². The highest BCUT2D eigenvalue weighted by Gasteiger charge is 2.37. The second-order valence-corrected chi connectivity index (χ2v) is 7.77. The molecule has 2 nitrogen and oxygen atoms in total. The summed E-state index contributed by atoms with van der Waals surface area (Å²) in [6.45, 7) is 11.8. The van der Waals surface area contributed by atoms with Crippen LogP contribution in [0.5, 0.6) is 0 Å². The zero-order chi connectivity index (χ0) is 12.5. The van der Waals surface area contributed by atoms with Gasteiger partial charge < -0.3 is 5.32 Å². The smallest absolute Gasteiger partial charge is 0.0253 e. The van der Waals surface area contributed by atoms with Gasteiger partial charge in [-0.3, -0.25) is 4.90 Å². The molecule has 0 aromatic heterocycles. The summed E-state index contributed by atoms with van der Waals surface area (Å²) in [5.41, 5.74) is 0.285. The summed E-state index contributed by atoms with van der Waals surface area (Å²) in [6, 6.07) is 1.55. The van der Waals surface area contributed by atoms with Crippen LogP contribution >= 0.6 is 11.8 Å². The van der Waals surface area contributed by atoms with E-state index in [9.17, 15) is 0 Å². The summed E-state index contributed by atoms with van der Waals surface area (Å²) < 4.78 is 0. The third-order valence-corrected chi connectivity index (χ3v) is 5.37. The SMILES string of the molecule is CC(C)C1CNC(C)(C)CN1C1CCCSC1. The number of nitrogens with one attached hydrogen (secondary N) is 1. The minimum atomic E-state index is 0.285. The van der Waals surface area contributed by atoms with Crippen molar-refractivity contribution >= 4 is 11.8 Å². The van der Waals surface area contributed by atoms with Gasteiger partial charge in [0.2, 0.25) is 0 Å². The molecule has 0 bridgehead atoms. The molecule has 3 heteroatoms. The molecule has 17 heavy (non-hydrogen) atoms. The predicted molar refractivity (Wildman–Crippen MR) is 77.8 cm³/mol. The van der Waals surface area contributed by atoms with E-state index in [0.29, 0.717) is 0 Å². The summed E-state index contributed by atoms with van der Waals surface area (Å²) in [5, 5.41) is 3.71. The number of rotatable bonds is 2. The molecular formula is C14H28N2S. The van der Waals surface area contributed by atoms with Crippen molar-refractivity contribution in [3.05, 3.63) is 0 Å². The molecule has 1 N–H and O–H groups in total. The first-order valence-electron chi connectivity index (χ1n) is 7.08. The highest BCUT2D eigenvalue weighted by Crippen LogP contribution is 2.29. The van der Waals surface area contributed by atoms with E-state index in [0.717, 1.165) is 24.5 Å². The standard InChI is InChI=1S/C14H28N2S/c1-11(2)13-8-15-14(3,4)10-16(13)12-6-5-7-17-9-12/h11-13,15H,5-10H2,1-4H3. The average molecular weight is 256 g/mol. The Bertz CT molecular complexity index is 247. The van der Waals surface area contributed by atoms with Gasteiger partial charge >= 0.3 is 0 Å². The quantitative estimate of drug-likeness (QED) is 0.817. The van der Waals surface area contributed by atoms with E-state index >= 15 is 0 Å². The molecule has 2 aliphatic heterocycles. The van der Waals surface area contributed by atoms with Gasteiger partial charge in [0.15, 0.2) is 0 Å². The van der Waals surface area contributed by atoms with Crippen molar-refractivity contribution in [1.82, 2.24) is 10.2 Å². The minimum absolute atomic E-state index is 0.285. The van der Waals surface area contributed by atoms with Crippen molar-refractivity contribution in [2.75, 3.05) is 24.6 Å². The molecule has 2 saturated heterocycles. The molecule has 2 fully saturated rings. The van der Waals surface area contributed by atoms with Crippen LogP contribution in [0.2, 0.25) is 0 Å². The topological polar surface area (TPSA) is 15.3 Å². The maximum absolute atomic E-state index is 3.71. The lowest BCUT2D eigenvalue weighted by molar-refractivity contribution is 0.0354. The lowest BCUT2D eigenvalue weighted by atomic mass is 9.91. The summed E-state index contributed by atoms with van der Waals surface area (Å²) in [7, 11) is 0. The Hall–Kier alpha value is 0.270. The fraction of sp³-hybridized carbons (Fsp3) is 1.00. The summed E-state index contributed by atoms with van der Waals surface area (Å²) in [6.07, 6.45) is 2.82. The van der Waals surface area contributed by atoms with Crippen LogP contribution in [0.15, 0.2) is 0 Å². The largest absolute Gasteiger partial charge is 0.309 e. The van der Waals surface area contributed by atoms with E-state index in [1.165, 1.54) is 30.9 Å². The third-order valence-electron chi connectivity index (χ3n) is 4.17. The Morgan fingerprint density at radius 2 is 2.12 bits per heavy atom. The molecule has 0 aromatic rings. The number of thioether (sulfide) groups is 1. The molecule has 2 unspecified atom stereocenters. The zero-order valence-corrected chi connectivity index (χ0v) is 12.6. The van der Waals surface area contributed by atoms with Crippen molar-refractivity contribution in [1.29, 1.82) is 0 Å². The van der Waals surface area contributed by atoms with E-state index in [1.54, 1.807) is 0 Å². The lowest BCUT2D eigenvalue weighted by Gasteiger charge is -2.50. The molecule has 0 aromatic carbocycles. The zero-order valence-electron chi connectivity index (χ0n) is 11.8.